The van der Waals surface area contributed by atoms with Gasteiger partial charge in [0.2, 0.25) is 0 Å². The quantitative estimate of drug-likeness (QED) is 0.100. The lowest BCUT2D eigenvalue weighted by atomic mass is 10.1. The molecule has 0 unspecified atom stereocenters. The van der Waals surface area contributed by atoms with E-state index >= 15 is 0 Å². The van der Waals surface area contributed by atoms with Crippen LogP contribution >= 0.6 is 22.7 Å². The number of fused-ring (bicyclic) bond motifs is 2. The Morgan fingerprint density at radius 3 is 1.83 bits per heavy atom. The van der Waals surface area contributed by atoms with Gasteiger partial charge in [0.05, 0.1) is 50.0 Å². The van der Waals surface area contributed by atoms with Crippen molar-refractivity contribution in [3.8, 4) is 23.0 Å². The topological polar surface area (TPSA) is 129 Å². The Bertz CT molecular complexity index is 1610. The molecule has 2 aromatic carbocycles. The van der Waals surface area contributed by atoms with Crippen molar-refractivity contribution in [2.75, 3.05) is 27.4 Å². The van der Waals surface area contributed by atoms with Crippen LogP contribution in [0, 0.1) is 0 Å². The molecule has 4 aromatic rings. The number of ketones is 1. The average molecular weight is 623 g/mol. The summed E-state index contributed by atoms with van der Waals surface area (Å²) in [5, 5.41) is 18.9. The van der Waals surface area contributed by atoms with Gasteiger partial charge in [-0.15, -0.1) is 22.7 Å². The zero-order valence-corrected chi connectivity index (χ0v) is 24.4. The molecule has 224 valence electrons. The second kappa shape index (κ2) is 13.3. The van der Waals surface area contributed by atoms with Gasteiger partial charge in [-0.1, -0.05) is 0 Å². The molecule has 0 aliphatic heterocycles. The highest BCUT2D eigenvalue weighted by Crippen LogP contribution is 2.43. The van der Waals surface area contributed by atoms with Crippen molar-refractivity contribution in [2.45, 2.75) is 38.0 Å². The molecule has 2 heterocycles. The zero-order chi connectivity index (χ0) is 30.4. The van der Waals surface area contributed by atoms with Gasteiger partial charge >= 0.3 is 11.9 Å². The summed E-state index contributed by atoms with van der Waals surface area (Å²) in [6.45, 7) is 0.498. The van der Waals surface area contributed by atoms with Gasteiger partial charge in [0.1, 0.15) is 0 Å². The predicted molar refractivity (Wildman–Crippen MR) is 154 cm³/mol. The molecule has 0 saturated heterocycles. The van der Waals surface area contributed by atoms with E-state index in [1.54, 1.807) is 30.3 Å². The van der Waals surface area contributed by atoms with Crippen molar-refractivity contribution >= 4 is 60.6 Å². The fourth-order valence-corrected chi connectivity index (χ4v) is 6.23. The number of carboxylic acids is 2. The summed E-state index contributed by atoms with van der Waals surface area (Å²) in [7, 11) is 2.95. The van der Waals surface area contributed by atoms with E-state index in [9.17, 15) is 23.2 Å². The molecular weight excluding hydrogens is 594 g/mol. The minimum Gasteiger partial charge on any atom is -0.493 e. The summed E-state index contributed by atoms with van der Waals surface area (Å²) < 4.78 is 53.0. The fourth-order valence-electron chi connectivity index (χ4n) is 4.11. The van der Waals surface area contributed by atoms with Crippen molar-refractivity contribution in [1.82, 2.24) is 0 Å². The molecule has 0 aliphatic carbocycles. The molecule has 0 saturated carbocycles. The Labute approximate surface area is 247 Å². The summed E-state index contributed by atoms with van der Waals surface area (Å²) in [6.07, 6.45) is -1.26. The molecule has 42 heavy (non-hydrogen) atoms. The van der Waals surface area contributed by atoms with Gasteiger partial charge in [-0.2, -0.15) is 0 Å². The van der Waals surface area contributed by atoms with E-state index in [1.807, 2.05) is 0 Å². The van der Waals surface area contributed by atoms with Crippen molar-refractivity contribution in [3.05, 3.63) is 46.2 Å². The number of hydrogen-bond donors (Lipinski definition) is 2. The van der Waals surface area contributed by atoms with Gasteiger partial charge in [0.25, 0.3) is 5.92 Å². The molecule has 13 heteroatoms. The predicted octanol–water partition coefficient (Wildman–Crippen LogP) is 6.99. The number of ether oxygens (including phenoxy) is 4. The van der Waals surface area contributed by atoms with E-state index < -0.39 is 30.7 Å². The summed E-state index contributed by atoms with van der Waals surface area (Å²) in [4.78, 5) is 34.1. The first-order valence-corrected chi connectivity index (χ1v) is 14.5. The Kier molecular flexibility index (Phi) is 9.84. The lowest BCUT2D eigenvalue weighted by Crippen LogP contribution is -2.13. The number of hydrogen-bond acceptors (Lipinski definition) is 9. The number of alkyl halides is 2. The molecule has 9 nitrogen and oxygen atoms in total. The van der Waals surface area contributed by atoms with Crippen LogP contribution in [0.25, 0.3) is 20.2 Å². The number of carboxylic acid groups (broad SMARTS) is 2. The Morgan fingerprint density at radius 2 is 1.29 bits per heavy atom. The Hall–Kier alpha value is -3.97. The molecule has 2 N–H and O–H groups in total. The smallest absolute Gasteiger partial charge is 0.303 e. The zero-order valence-electron chi connectivity index (χ0n) is 22.7. The minimum atomic E-state index is -3.27. The van der Waals surface area contributed by atoms with Crippen molar-refractivity contribution < 1.29 is 52.3 Å². The second-order valence-electron chi connectivity index (χ2n) is 9.27. The minimum absolute atomic E-state index is 0.0762. The van der Waals surface area contributed by atoms with E-state index in [2.05, 4.69) is 0 Å². The maximum absolute atomic E-state index is 14.5. The third kappa shape index (κ3) is 7.45. The van der Waals surface area contributed by atoms with Gasteiger partial charge < -0.3 is 29.2 Å². The van der Waals surface area contributed by atoms with Crippen LogP contribution in [0.1, 0.15) is 46.7 Å². The first-order valence-electron chi connectivity index (χ1n) is 12.8. The standard InChI is InChI=1S/C29H28F2O9S2/c1-37-19-14-23-16(12-25(41-23)18(32)4-5-27(33)34)10-21(19)39-8-3-9-40-22-11-17-13-26(29(30,31)7-6-28(35)36)42-24(17)15-20(22)38-2/h10-15H,3-9H2,1-2H3,(H,33,34)(H,35,36). The number of Topliss-reactive ketones (excluding diaryl/α,β-unsaturated/α-hetero) is 1. The maximum atomic E-state index is 14.5. The summed E-state index contributed by atoms with van der Waals surface area (Å²) in [5.41, 5.74) is 0. The second-order valence-corrected chi connectivity index (χ2v) is 11.4. The first kappa shape index (κ1) is 31.0. The number of carbonyl (C=O) groups excluding carboxylic acids is 1. The van der Waals surface area contributed by atoms with E-state index in [-0.39, 0.29) is 36.7 Å². The number of methoxy groups -OCH3 is 2. The van der Waals surface area contributed by atoms with E-state index in [0.29, 0.717) is 44.4 Å². The highest BCUT2D eigenvalue weighted by atomic mass is 32.1. The monoisotopic (exact) mass is 622 g/mol. The summed E-state index contributed by atoms with van der Waals surface area (Å²) >= 11 is 2.14. The number of rotatable bonds is 16. The van der Waals surface area contributed by atoms with Crippen LogP contribution in [0.2, 0.25) is 0 Å². The lowest BCUT2D eigenvalue weighted by Gasteiger charge is -2.13. The lowest BCUT2D eigenvalue weighted by molar-refractivity contribution is -0.139. The van der Waals surface area contributed by atoms with Gasteiger partial charge in [-0.25, -0.2) is 8.78 Å². The third-order valence-corrected chi connectivity index (χ3v) is 8.61. The van der Waals surface area contributed by atoms with Crippen LogP contribution in [0.15, 0.2) is 36.4 Å². The summed E-state index contributed by atoms with van der Waals surface area (Å²) in [5.74, 6) is -4.10. The normalized spacial score (nSPS) is 11.5. The van der Waals surface area contributed by atoms with Gasteiger partial charge in [0.15, 0.2) is 28.8 Å². The largest absolute Gasteiger partial charge is 0.493 e. The SMILES string of the molecule is COc1cc2sc(C(=O)CCC(=O)O)cc2cc1OCCCOc1cc2cc(C(F)(F)CCC(=O)O)sc2cc1OC. The Balaban J connectivity index is 1.38. The molecular formula is C29H28F2O9S2. The molecule has 4 rings (SSSR count). The number of halogens is 2. The molecule has 0 bridgehead atoms. The molecule has 0 fully saturated rings. The number of carbonyl (C=O) groups is 3. The van der Waals surface area contributed by atoms with Gasteiger partial charge in [-0.05, 0) is 35.0 Å². The molecule has 0 amide bonds. The average Bonchev–Trinajstić information content (AvgIpc) is 3.57. The van der Waals surface area contributed by atoms with Crippen molar-refractivity contribution in [1.29, 1.82) is 0 Å². The van der Waals surface area contributed by atoms with Crippen LogP contribution in [-0.2, 0) is 15.5 Å². The van der Waals surface area contributed by atoms with Crippen LogP contribution in [-0.4, -0.2) is 55.4 Å². The Morgan fingerprint density at radius 1 is 0.738 bits per heavy atom. The summed E-state index contributed by atoms with van der Waals surface area (Å²) in [6, 6.07) is 9.81. The fraction of sp³-hybridized carbons (Fsp3) is 0.345. The van der Waals surface area contributed by atoms with Gasteiger partial charge in [0, 0.05) is 40.8 Å². The molecule has 0 radical (unpaired) electrons. The molecule has 0 atom stereocenters. The third-order valence-electron chi connectivity index (χ3n) is 6.26. The van der Waals surface area contributed by atoms with Crippen molar-refractivity contribution in [2.24, 2.45) is 0 Å². The molecule has 0 aliphatic rings. The van der Waals surface area contributed by atoms with Crippen LogP contribution < -0.4 is 18.9 Å². The molecule has 0 spiro atoms. The maximum Gasteiger partial charge on any atom is 0.303 e. The highest BCUT2D eigenvalue weighted by Gasteiger charge is 2.34. The van der Waals surface area contributed by atoms with E-state index in [4.69, 9.17) is 29.2 Å². The highest BCUT2D eigenvalue weighted by molar-refractivity contribution is 7.21. The number of thiophene rings is 2. The number of benzene rings is 2. The van der Waals surface area contributed by atoms with Gasteiger partial charge in [-0.3, -0.25) is 14.4 Å². The van der Waals surface area contributed by atoms with E-state index in [0.717, 1.165) is 21.4 Å². The molecule has 2 aromatic heterocycles. The van der Waals surface area contributed by atoms with Crippen LogP contribution in [0.3, 0.4) is 0 Å². The van der Waals surface area contributed by atoms with E-state index in [1.165, 1.54) is 31.6 Å². The van der Waals surface area contributed by atoms with Crippen molar-refractivity contribution in [3.63, 3.8) is 0 Å². The van der Waals surface area contributed by atoms with Crippen LogP contribution in [0.4, 0.5) is 8.78 Å². The number of aliphatic carboxylic acids is 2. The van der Waals surface area contributed by atoms with Crippen LogP contribution in [0.5, 0.6) is 23.0 Å². The first-order chi connectivity index (χ1) is 20.0.